The maximum atomic E-state index is 12.9. The third kappa shape index (κ3) is 5.08. The zero-order valence-corrected chi connectivity index (χ0v) is 17.1. The Morgan fingerprint density at radius 1 is 1.24 bits per heavy atom. The third-order valence-electron chi connectivity index (χ3n) is 4.54. The third-order valence-corrected chi connectivity index (χ3v) is 4.54. The van der Waals surface area contributed by atoms with Crippen LogP contribution in [-0.4, -0.2) is 44.5 Å². The van der Waals surface area contributed by atoms with Crippen molar-refractivity contribution < 1.29 is 9.53 Å². The van der Waals surface area contributed by atoms with Crippen LogP contribution < -0.4 is 10.9 Å². The maximum Gasteiger partial charge on any atom is 0.264 e. The molecule has 2 aromatic heterocycles. The molecule has 8 nitrogen and oxygen atoms in total. The molecule has 29 heavy (non-hydrogen) atoms. The van der Waals surface area contributed by atoms with Gasteiger partial charge in [-0.1, -0.05) is 18.2 Å². The monoisotopic (exact) mass is 397 g/mol. The van der Waals surface area contributed by atoms with E-state index in [1.165, 1.54) is 10.8 Å². The first-order valence-corrected chi connectivity index (χ1v) is 9.86. The number of nitrogens with one attached hydrogen (secondary N) is 1. The van der Waals surface area contributed by atoms with E-state index < -0.39 is 0 Å². The van der Waals surface area contributed by atoms with E-state index in [1.54, 1.807) is 11.6 Å². The molecule has 2 heterocycles. The summed E-state index contributed by atoms with van der Waals surface area (Å²) in [5.41, 5.74) is 1.17. The summed E-state index contributed by atoms with van der Waals surface area (Å²) in [6.45, 7) is 7.17. The van der Waals surface area contributed by atoms with Crippen molar-refractivity contribution in [2.45, 2.75) is 46.3 Å². The zero-order chi connectivity index (χ0) is 20.8. The molecule has 1 aromatic carbocycles. The number of aryl methyl sites for hydroxylation is 1. The molecule has 0 unspecified atom stereocenters. The highest BCUT2D eigenvalue weighted by atomic mass is 16.5. The van der Waals surface area contributed by atoms with Crippen molar-refractivity contribution in [3.63, 3.8) is 0 Å². The number of nitrogens with zero attached hydrogens (tertiary/aromatic N) is 4. The average Bonchev–Trinajstić information content (AvgIpc) is 3.12. The van der Waals surface area contributed by atoms with Gasteiger partial charge in [0.2, 0.25) is 5.91 Å². The van der Waals surface area contributed by atoms with Gasteiger partial charge in [0.25, 0.3) is 5.56 Å². The van der Waals surface area contributed by atoms with E-state index in [4.69, 9.17) is 4.74 Å². The Morgan fingerprint density at radius 2 is 2.00 bits per heavy atom. The minimum Gasteiger partial charge on any atom is -0.379 e. The molecule has 0 aliphatic rings. The quantitative estimate of drug-likeness (QED) is 0.559. The number of ether oxygens (including phenoxy) is 1. The SMILES string of the molecule is Cc1nc2c(cnn2-c2ccccc2)c(=O)n1CCC(=O)NCCCOC(C)C. The van der Waals surface area contributed by atoms with Crippen LogP contribution in [0.4, 0.5) is 0 Å². The molecule has 0 bridgehead atoms. The molecule has 0 saturated carbocycles. The number of hydrogen-bond acceptors (Lipinski definition) is 5. The van der Waals surface area contributed by atoms with E-state index >= 15 is 0 Å². The van der Waals surface area contributed by atoms with Crippen LogP contribution in [0.15, 0.2) is 41.3 Å². The predicted octanol–water partition coefficient (Wildman–Crippen LogP) is 2.21. The van der Waals surface area contributed by atoms with E-state index in [9.17, 15) is 9.59 Å². The highest BCUT2D eigenvalue weighted by Crippen LogP contribution is 2.14. The van der Waals surface area contributed by atoms with Crippen molar-refractivity contribution in [1.82, 2.24) is 24.6 Å². The molecule has 0 saturated heterocycles. The molecule has 0 radical (unpaired) electrons. The van der Waals surface area contributed by atoms with Crippen molar-refractivity contribution >= 4 is 16.9 Å². The number of para-hydroxylation sites is 1. The molecule has 3 rings (SSSR count). The second-order valence-corrected chi connectivity index (χ2v) is 7.12. The molecule has 154 valence electrons. The van der Waals surface area contributed by atoms with Gasteiger partial charge < -0.3 is 10.1 Å². The molecule has 0 spiro atoms. The Labute approximate surface area is 169 Å². The Morgan fingerprint density at radius 3 is 2.72 bits per heavy atom. The Hall–Kier alpha value is -3.00. The molecular formula is C21H27N5O3. The van der Waals surface area contributed by atoms with Crippen LogP contribution in [0.5, 0.6) is 0 Å². The number of rotatable bonds is 9. The Bertz CT molecular complexity index is 1020. The lowest BCUT2D eigenvalue weighted by Crippen LogP contribution is -2.30. The number of aromatic nitrogens is 4. The summed E-state index contributed by atoms with van der Waals surface area (Å²) in [5, 5.41) is 7.62. The van der Waals surface area contributed by atoms with Crippen LogP contribution in [0.25, 0.3) is 16.7 Å². The van der Waals surface area contributed by atoms with E-state index in [0.29, 0.717) is 30.0 Å². The van der Waals surface area contributed by atoms with Crippen molar-refractivity contribution in [2.75, 3.05) is 13.2 Å². The lowest BCUT2D eigenvalue weighted by molar-refractivity contribution is -0.121. The fourth-order valence-electron chi connectivity index (χ4n) is 3.05. The molecule has 8 heteroatoms. The number of hydrogen-bond donors (Lipinski definition) is 1. The van der Waals surface area contributed by atoms with E-state index in [1.807, 2.05) is 44.2 Å². The zero-order valence-electron chi connectivity index (χ0n) is 17.1. The van der Waals surface area contributed by atoms with Gasteiger partial charge in [0.1, 0.15) is 11.2 Å². The van der Waals surface area contributed by atoms with Crippen molar-refractivity contribution in [2.24, 2.45) is 0 Å². The van der Waals surface area contributed by atoms with Gasteiger partial charge in [0.05, 0.1) is 18.0 Å². The highest BCUT2D eigenvalue weighted by Gasteiger charge is 2.14. The summed E-state index contributed by atoms with van der Waals surface area (Å²) in [6, 6.07) is 9.55. The summed E-state index contributed by atoms with van der Waals surface area (Å²) in [5.74, 6) is 0.458. The lowest BCUT2D eigenvalue weighted by Gasteiger charge is -2.11. The fourth-order valence-corrected chi connectivity index (χ4v) is 3.05. The van der Waals surface area contributed by atoms with Crippen molar-refractivity contribution in [1.29, 1.82) is 0 Å². The first kappa shape index (κ1) is 20.7. The number of amides is 1. The lowest BCUT2D eigenvalue weighted by atomic mass is 10.3. The van der Waals surface area contributed by atoms with Crippen LogP contribution in [0.1, 0.15) is 32.5 Å². The number of fused-ring (bicyclic) bond motifs is 1. The Balaban J connectivity index is 1.66. The molecular weight excluding hydrogens is 370 g/mol. The van der Waals surface area contributed by atoms with Gasteiger partial charge in [0.15, 0.2) is 5.65 Å². The normalized spacial score (nSPS) is 11.3. The fraction of sp³-hybridized carbons (Fsp3) is 0.429. The Kier molecular flexibility index (Phi) is 6.77. The van der Waals surface area contributed by atoms with E-state index in [2.05, 4.69) is 15.4 Å². The van der Waals surface area contributed by atoms with Gasteiger partial charge in [-0.05, 0) is 39.3 Å². The van der Waals surface area contributed by atoms with Gasteiger partial charge in [-0.15, -0.1) is 0 Å². The van der Waals surface area contributed by atoms with E-state index in [0.717, 1.165) is 12.1 Å². The van der Waals surface area contributed by atoms with Gasteiger partial charge in [-0.25, -0.2) is 9.67 Å². The average molecular weight is 397 g/mol. The molecule has 3 aromatic rings. The maximum absolute atomic E-state index is 12.9. The standard InChI is InChI=1S/C21H27N5O3/c1-15(2)29-13-7-11-22-19(27)10-12-25-16(3)24-20-18(21(25)28)14-23-26(20)17-8-5-4-6-9-17/h4-6,8-9,14-15H,7,10-13H2,1-3H3,(H,22,27). The van der Waals surface area contributed by atoms with Gasteiger partial charge in [-0.2, -0.15) is 5.10 Å². The number of carbonyl (C=O) groups is 1. The number of carbonyl (C=O) groups excluding carboxylic acids is 1. The van der Waals surface area contributed by atoms with E-state index in [-0.39, 0.29) is 30.5 Å². The molecule has 0 atom stereocenters. The minimum atomic E-state index is -0.187. The van der Waals surface area contributed by atoms with Crippen LogP contribution in [0, 0.1) is 6.92 Å². The highest BCUT2D eigenvalue weighted by molar-refractivity contribution is 5.76. The largest absolute Gasteiger partial charge is 0.379 e. The second kappa shape index (κ2) is 9.47. The van der Waals surface area contributed by atoms with Crippen molar-refractivity contribution in [3.8, 4) is 5.69 Å². The summed E-state index contributed by atoms with van der Waals surface area (Å²) in [6.07, 6.45) is 2.69. The summed E-state index contributed by atoms with van der Waals surface area (Å²) >= 11 is 0. The summed E-state index contributed by atoms with van der Waals surface area (Å²) < 4.78 is 8.63. The van der Waals surface area contributed by atoms with Gasteiger partial charge in [0, 0.05) is 26.1 Å². The smallest absolute Gasteiger partial charge is 0.264 e. The molecule has 1 N–H and O–H groups in total. The van der Waals surface area contributed by atoms with Gasteiger partial charge >= 0.3 is 0 Å². The second-order valence-electron chi connectivity index (χ2n) is 7.12. The molecule has 1 amide bonds. The van der Waals surface area contributed by atoms with Crippen molar-refractivity contribution in [3.05, 3.63) is 52.7 Å². The van der Waals surface area contributed by atoms with Crippen LogP contribution >= 0.6 is 0 Å². The first-order valence-electron chi connectivity index (χ1n) is 9.86. The predicted molar refractivity (Wildman–Crippen MR) is 111 cm³/mol. The topological polar surface area (TPSA) is 91.0 Å². The van der Waals surface area contributed by atoms with Crippen LogP contribution in [0.2, 0.25) is 0 Å². The minimum absolute atomic E-state index is 0.0964. The summed E-state index contributed by atoms with van der Waals surface area (Å²) in [7, 11) is 0. The molecule has 0 aliphatic heterocycles. The van der Waals surface area contributed by atoms with Crippen LogP contribution in [-0.2, 0) is 16.1 Å². The molecule has 0 aliphatic carbocycles. The van der Waals surface area contributed by atoms with Gasteiger partial charge in [-0.3, -0.25) is 14.2 Å². The number of benzene rings is 1. The molecule has 0 fully saturated rings. The first-order chi connectivity index (χ1) is 14.0. The summed E-state index contributed by atoms with van der Waals surface area (Å²) in [4.78, 5) is 29.5. The van der Waals surface area contributed by atoms with Crippen LogP contribution in [0.3, 0.4) is 0 Å².